The molecule has 2 rings (SSSR count). The van der Waals surface area contributed by atoms with E-state index in [0.717, 1.165) is 11.1 Å². The smallest absolute Gasteiger partial charge is 0.341 e. The summed E-state index contributed by atoms with van der Waals surface area (Å²) in [7, 11) is 0. The summed E-state index contributed by atoms with van der Waals surface area (Å²) in [6.07, 6.45) is 4.24. The van der Waals surface area contributed by atoms with Crippen LogP contribution in [0.4, 0.5) is 0 Å². The molecule has 1 aromatic carbocycles. The van der Waals surface area contributed by atoms with Gasteiger partial charge < -0.3 is 9.84 Å². The minimum atomic E-state index is -0.989. The fourth-order valence-corrected chi connectivity index (χ4v) is 2.07. The Kier molecular flexibility index (Phi) is 4.71. The fraction of sp³-hybridized carbons (Fsp3) is 0.188. The summed E-state index contributed by atoms with van der Waals surface area (Å²) in [6.45, 7) is 3.64. The number of ether oxygens (including phenoxy) is 1. The molecule has 0 aliphatic carbocycles. The van der Waals surface area contributed by atoms with Gasteiger partial charge >= 0.3 is 5.97 Å². The van der Waals surface area contributed by atoms with Crippen molar-refractivity contribution in [2.75, 3.05) is 6.61 Å². The van der Waals surface area contributed by atoms with Crippen LogP contribution < -0.4 is 4.74 Å². The lowest BCUT2D eigenvalue weighted by Crippen LogP contribution is -2.09. The second-order valence-corrected chi connectivity index (χ2v) is 4.38. The first-order valence-electron chi connectivity index (χ1n) is 6.34. The highest BCUT2D eigenvalue weighted by atomic mass is 16.5. The molecule has 0 spiro atoms. The molecule has 1 N–H and O–H groups in total. The molecule has 4 heteroatoms. The second kappa shape index (κ2) is 6.70. The van der Waals surface area contributed by atoms with Crippen molar-refractivity contribution in [3.8, 4) is 5.75 Å². The molecule has 0 aliphatic heterocycles. The van der Waals surface area contributed by atoms with E-state index in [2.05, 4.69) is 11.9 Å². The predicted octanol–water partition coefficient (Wildman–Crippen LogP) is 2.90. The van der Waals surface area contributed by atoms with Gasteiger partial charge in [0.25, 0.3) is 0 Å². The Bertz CT molecular complexity index is 569. The largest absolute Gasteiger partial charge is 0.482 e. The number of pyridine rings is 1. The number of aromatic nitrogens is 1. The van der Waals surface area contributed by atoms with Crippen molar-refractivity contribution in [3.05, 3.63) is 66.8 Å². The van der Waals surface area contributed by atoms with Crippen LogP contribution in [0.15, 0.2) is 48.8 Å². The summed E-state index contributed by atoms with van der Waals surface area (Å²) in [6, 6.07) is 11.3. The summed E-state index contributed by atoms with van der Waals surface area (Å²) < 4.78 is 5.20. The Balaban J connectivity index is 2.22. The number of hydrogen-bond acceptors (Lipinski definition) is 3. The third kappa shape index (κ3) is 3.57. The van der Waals surface area contributed by atoms with E-state index < -0.39 is 5.97 Å². The Hall–Kier alpha value is -2.36. The molecule has 1 heterocycles. The first-order chi connectivity index (χ1) is 9.70. The fourth-order valence-electron chi connectivity index (χ4n) is 2.07. The van der Waals surface area contributed by atoms with Crippen molar-refractivity contribution in [1.29, 1.82) is 0 Å². The number of carbonyl (C=O) groups is 1. The van der Waals surface area contributed by atoms with Crippen molar-refractivity contribution in [2.24, 2.45) is 0 Å². The van der Waals surface area contributed by atoms with Crippen molar-refractivity contribution in [2.45, 2.75) is 12.3 Å². The van der Waals surface area contributed by atoms with Gasteiger partial charge in [-0.1, -0.05) is 25.1 Å². The first-order valence-corrected chi connectivity index (χ1v) is 6.34. The molecule has 0 saturated carbocycles. The zero-order chi connectivity index (χ0) is 14.4. The summed E-state index contributed by atoms with van der Waals surface area (Å²) >= 11 is 0. The van der Waals surface area contributed by atoms with Crippen LogP contribution in [0.1, 0.15) is 23.5 Å². The van der Waals surface area contributed by atoms with Crippen molar-refractivity contribution in [3.63, 3.8) is 0 Å². The maximum Gasteiger partial charge on any atom is 0.341 e. The normalized spacial score (nSPS) is 11.8. The van der Waals surface area contributed by atoms with E-state index in [0.29, 0.717) is 12.2 Å². The molecule has 0 amide bonds. The molecule has 4 nitrogen and oxygen atoms in total. The third-order valence-electron chi connectivity index (χ3n) is 3.00. The summed E-state index contributed by atoms with van der Waals surface area (Å²) in [5.41, 5.74) is 2.12. The molecule has 0 fully saturated rings. The highest BCUT2D eigenvalue weighted by Crippen LogP contribution is 2.29. The van der Waals surface area contributed by atoms with E-state index in [1.165, 1.54) is 0 Å². The lowest BCUT2D eigenvalue weighted by Gasteiger charge is -2.16. The topological polar surface area (TPSA) is 59.4 Å². The number of rotatable bonds is 6. The highest BCUT2D eigenvalue weighted by molar-refractivity contribution is 5.68. The molecule has 103 valence electrons. The van der Waals surface area contributed by atoms with Crippen LogP contribution in [0, 0.1) is 6.92 Å². The Morgan fingerprint density at radius 2 is 2.10 bits per heavy atom. The van der Waals surface area contributed by atoms with Crippen LogP contribution in [0.5, 0.6) is 5.75 Å². The van der Waals surface area contributed by atoms with Crippen LogP contribution in [0.25, 0.3) is 0 Å². The molecule has 2 aromatic rings. The van der Waals surface area contributed by atoms with Gasteiger partial charge in [0, 0.05) is 18.3 Å². The van der Waals surface area contributed by atoms with Crippen molar-refractivity contribution in [1.82, 2.24) is 4.98 Å². The van der Waals surface area contributed by atoms with E-state index in [4.69, 9.17) is 9.84 Å². The van der Waals surface area contributed by atoms with E-state index in [-0.39, 0.29) is 12.5 Å². The number of nitrogens with zero attached hydrogens (tertiary/aromatic N) is 1. The predicted molar refractivity (Wildman–Crippen MR) is 75.6 cm³/mol. The van der Waals surface area contributed by atoms with Crippen LogP contribution in [-0.2, 0) is 4.79 Å². The molecule has 1 aromatic heterocycles. The van der Waals surface area contributed by atoms with Gasteiger partial charge in [-0.25, -0.2) is 4.79 Å². The average molecular weight is 270 g/mol. The monoisotopic (exact) mass is 270 g/mol. The van der Waals surface area contributed by atoms with Gasteiger partial charge in [0.05, 0.1) is 0 Å². The molecule has 1 atom stereocenters. The Labute approximate surface area is 118 Å². The van der Waals surface area contributed by atoms with E-state index in [1.807, 2.05) is 36.5 Å². The zero-order valence-corrected chi connectivity index (χ0v) is 11.0. The third-order valence-corrected chi connectivity index (χ3v) is 3.00. The summed E-state index contributed by atoms with van der Waals surface area (Å²) in [5, 5.41) is 8.63. The summed E-state index contributed by atoms with van der Waals surface area (Å²) in [4.78, 5) is 14.7. The van der Waals surface area contributed by atoms with Crippen LogP contribution >= 0.6 is 0 Å². The number of carboxylic acids is 1. The number of benzene rings is 1. The molecule has 0 aliphatic rings. The van der Waals surface area contributed by atoms with Crippen molar-refractivity contribution < 1.29 is 14.6 Å². The molecule has 1 radical (unpaired) electrons. The Morgan fingerprint density at radius 1 is 1.30 bits per heavy atom. The van der Waals surface area contributed by atoms with Crippen molar-refractivity contribution >= 4 is 5.97 Å². The van der Waals surface area contributed by atoms with Gasteiger partial charge in [-0.3, -0.25) is 4.98 Å². The zero-order valence-electron chi connectivity index (χ0n) is 11.0. The minimum absolute atomic E-state index is 0.122. The average Bonchev–Trinajstić information content (AvgIpc) is 2.47. The first kappa shape index (κ1) is 14.1. The van der Waals surface area contributed by atoms with E-state index >= 15 is 0 Å². The highest BCUT2D eigenvalue weighted by Gasteiger charge is 2.13. The van der Waals surface area contributed by atoms with E-state index in [1.54, 1.807) is 12.3 Å². The quantitative estimate of drug-likeness (QED) is 0.876. The summed E-state index contributed by atoms with van der Waals surface area (Å²) in [5.74, 6) is -0.319. The molecule has 0 saturated heterocycles. The van der Waals surface area contributed by atoms with Gasteiger partial charge in [-0.2, -0.15) is 0 Å². The lowest BCUT2D eigenvalue weighted by molar-refractivity contribution is -0.139. The van der Waals surface area contributed by atoms with Crippen LogP contribution in [-0.4, -0.2) is 22.7 Å². The SMILES string of the molecule is [CH2]CC(c1cccnc1)c1cccc(OCC(=O)O)c1. The van der Waals surface area contributed by atoms with E-state index in [9.17, 15) is 4.79 Å². The van der Waals surface area contributed by atoms with Gasteiger partial charge in [0.15, 0.2) is 6.61 Å². The van der Waals surface area contributed by atoms with Gasteiger partial charge in [0.1, 0.15) is 5.75 Å². The molecular weight excluding hydrogens is 254 g/mol. The second-order valence-electron chi connectivity index (χ2n) is 4.38. The number of hydrogen-bond donors (Lipinski definition) is 1. The molecule has 0 bridgehead atoms. The molecule has 20 heavy (non-hydrogen) atoms. The van der Waals surface area contributed by atoms with Gasteiger partial charge in [0.2, 0.25) is 0 Å². The Morgan fingerprint density at radius 3 is 2.75 bits per heavy atom. The minimum Gasteiger partial charge on any atom is -0.482 e. The van der Waals surface area contributed by atoms with Crippen LogP contribution in [0.2, 0.25) is 0 Å². The van der Waals surface area contributed by atoms with Crippen LogP contribution in [0.3, 0.4) is 0 Å². The standard InChI is InChI=1S/C16H16NO3/c1-2-15(13-6-4-8-17-10-13)12-5-3-7-14(9-12)20-11-16(18)19/h3-10,15H,1-2,11H2,(H,18,19). The molecule has 1 unspecified atom stereocenters. The molecular formula is C16H16NO3. The van der Waals surface area contributed by atoms with Gasteiger partial charge in [-0.05, 0) is 35.7 Å². The number of aliphatic carboxylic acids is 1. The lowest BCUT2D eigenvalue weighted by atomic mass is 9.90. The van der Waals surface area contributed by atoms with Gasteiger partial charge in [-0.15, -0.1) is 0 Å². The maximum absolute atomic E-state index is 10.5. The maximum atomic E-state index is 10.5. The number of carboxylic acid groups (broad SMARTS) is 1.